The number of carboxylic acids is 1. The van der Waals surface area contributed by atoms with Crippen LogP contribution in [-0.2, 0) is 19.4 Å². The van der Waals surface area contributed by atoms with E-state index in [4.69, 9.17) is 9.84 Å². The number of hydrogen-bond donors (Lipinski definition) is 2. The van der Waals surface area contributed by atoms with Gasteiger partial charge >= 0.3 is 5.97 Å². The summed E-state index contributed by atoms with van der Waals surface area (Å²) in [7, 11) is -3.19. The summed E-state index contributed by atoms with van der Waals surface area (Å²) in [5.41, 5.74) is 0. The lowest BCUT2D eigenvalue weighted by Gasteiger charge is -2.28. The highest BCUT2D eigenvalue weighted by molar-refractivity contribution is 7.92. The smallest absolute Gasteiger partial charge is 0.307 e. The second-order valence-electron chi connectivity index (χ2n) is 5.85. The van der Waals surface area contributed by atoms with Crippen molar-refractivity contribution in [3.63, 3.8) is 0 Å². The van der Waals surface area contributed by atoms with Crippen LogP contribution in [0.1, 0.15) is 27.2 Å². The zero-order valence-electron chi connectivity index (χ0n) is 11.7. The Morgan fingerprint density at radius 3 is 2.53 bits per heavy atom. The first-order valence-electron chi connectivity index (χ1n) is 6.41. The fourth-order valence-corrected chi connectivity index (χ4v) is 2.78. The van der Waals surface area contributed by atoms with Gasteiger partial charge in [0.05, 0.1) is 29.1 Å². The predicted molar refractivity (Wildman–Crippen MR) is 71.9 cm³/mol. The number of nitrogens with one attached hydrogen (secondary N) is 1. The first-order chi connectivity index (χ1) is 8.63. The molecular formula is C12H23NO5S. The number of carboxylic acid groups (broad SMARTS) is 1. The Morgan fingerprint density at radius 1 is 1.37 bits per heavy atom. The lowest BCUT2D eigenvalue weighted by atomic mass is 9.98. The summed E-state index contributed by atoms with van der Waals surface area (Å²) in [6.07, 6.45) is 0.197. The largest absolute Gasteiger partial charge is 0.481 e. The average Bonchev–Trinajstić information content (AvgIpc) is 2.27. The van der Waals surface area contributed by atoms with Crippen molar-refractivity contribution >= 4 is 15.8 Å². The Balaban J connectivity index is 2.40. The molecule has 1 rings (SSSR count). The Labute approximate surface area is 114 Å². The molecule has 1 heterocycles. The van der Waals surface area contributed by atoms with E-state index in [1.807, 2.05) is 0 Å². The molecule has 0 radical (unpaired) electrons. The first kappa shape index (κ1) is 16.4. The molecular weight excluding hydrogens is 270 g/mol. The molecule has 1 aliphatic rings. The van der Waals surface area contributed by atoms with Gasteiger partial charge in [0.1, 0.15) is 0 Å². The predicted octanol–water partition coefficient (Wildman–Crippen LogP) is 0.279. The average molecular weight is 293 g/mol. The molecule has 7 heteroatoms. The summed E-state index contributed by atoms with van der Waals surface area (Å²) in [4.78, 5) is 10.9. The summed E-state index contributed by atoms with van der Waals surface area (Å²) in [5, 5.41) is 11.9. The molecule has 2 unspecified atom stereocenters. The molecule has 0 aromatic carbocycles. The van der Waals surface area contributed by atoms with Crippen molar-refractivity contribution in [2.24, 2.45) is 5.92 Å². The number of hydrogen-bond acceptors (Lipinski definition) is 5. The molecule has 0 bridgehead atoms. The number of ether oxygens (including phenoxy) is 1. The van der Waals surface area contributed by atoms with Gasteiger partial charge in [-0.05, 0) is 27.2 Å². The summed E-state index contributed by atoms with van der Waals surface area (Å²) in [6, 6.07) is 0. The summed E-state index contributed by atoms with van der Waals surface area (Å²) in [5.74, 6) is -1.34. The molecule has 2 atom stereocenters. The third kappa shape index (κ3) is 4.74. The van der Waals surface area contributed by atoms with Crippen LogP contribution in [0.15, 0.2) is 0 Å². The van der Waals surface area contributed by atoms with Gasteiger partial charge in [-0.2, -0.15) is 0 Å². The molecule has 1 saturated heterocycles. The van der Waals surface area contributed by atoms with E-state index >= 15 is 0 Å². The highest BCUT2D eigenvalue weighted by Gasteiger charge is 2.30. The molecule has 1 fully saturated rings. The maximum Gasteiger partial charge on any atom is 0.307 e. The van der Waals surface area contributed by atoms with Gasteiger partial charge in [-0.25, -0.2) is 8.42 Å². The van der Waals surface area contributed by atoms with Crippen molar-refractivity contribution < 1.29 is 23.1 Å². The van der Waals surface area contributed by atoms with Gasteiger partial charge in [-0.15, -0.1) is 0 Å². The van der Waals surface area contributed by atoms with Crippen LogP contribution in [0.25, 0.3) is 0 Å². The van der Waals surface area contributed by atoms with E-state index in [-0.39, 0.29) is 18.5 Å². The fourth-order valence-electron chi connectivity index (χ4n) is 1.85. The number of piperidine rings is 1. The van der Waals surface area contributed by atoms with Gasteiger partial charge in [0.15, 0.2) is 9.84 Å². The highest BCUT2D eigenvalue weighted by Crippen LogP contribution is 2.17. The lowest BCUT2D eigenvalue weighted by Crippen LogP contribution is -2.44. The van der Waals surface area contributed by atoms with Crippen molar-refractivity contribution in [3.05, 3.63) is 0 Å². The molecule has 19 heavy (non-hydrogen) atoms. The van der Waals surface area contributed by atoms with Gasteiger partial charge in [-0.3, -0.25) is 4.79 Å². The lowest BCUT2D eigenvalue weighted by molar-refractivity contribution is -0.144. The quantitative estimate of drug-likeness (QED) is 0.756. The minimum atomic E-state index is -3.19. The molecule has 0 aromatic heterocycles. The summed E-state index contributed by atoms with van der Waals surface area (Å²) >= 11 is 0. The normalized spacial score (nSPS) is 25.2. The highest BCUT2D eigenvalue weighted by atomic mass is 32.2. The second-order valence-corrected chi connectivity index (χ2v) is 8.72. The number of sulfone groups is 1. The van der Waals surface area contributed by atoms with E-state index in [1.165, 1.54) is 0 Å². The molecule has 112 valence electrons. The molecule has 0 amide bonds. The molecule has 2 N–H and O–H groups in total. The third-order valence-corrected chi connectivity index (χ3v) is 5.87. The van der Waals surface area contributed by atoms with Crippen LogP contribution in [0.3, 0.4) is 0 Å². The zero-order valence-corrected chi connectivity index (χ0v) is 12.5. The van der Waals surface area contributed by atoms with Crippen molar-refractivity contribution in [1.82, 2.24) is 5.32 Å². The standard InChI is InChI=1S/C12H23NO5S/c1-12(2,3)19(16,17)5-4-18-10-6-9(11(14)15)7-13-8-10/h9-10,13H,4-8H2,1-3H3,(H,14,15). The maximum atomic E-state index is 11.9. The van der Waals surface area contributed by atoms with E-state index in [9.17, 15) is 13.2 Å². The van der Waals surface area contributed by atoms with Crippen LogP contribution in [0.2, 0.25) is 0 Å². The number of carbonyl (C=O) groups is 1. The first-order valence-corrected chi connectivity index (χ1v) is 8.06. The topological polar surface area (TPSA) is 92.7 Å². The van der Waals surface area contributed by atoms with Crippen molar-refractivity contribution in [2.45, 2.75) is 38.0 Å². The fraction of sp³-hybridized carbons (Fsp3) is 0.917. The zero-order chi connectivity index (χ0) is 14.7. The van der Waals surface area contributed by atoms with Gasteiger partial charge in [-0.1, -0.05) is 0 Å². The van der Waals surface area contributed by atoms with E-state index in [2.05, 4.69) is 5.32 Å². The molecule has 1 aliphatic heterocycles. The van der Waals surface area contributed by atoms with E-state index in [0.29, 0.717) is 19.5 Å². The minimum absolute atomic E-state index is 0.0370. The molecule has 0 saturated carbocycles. The Morgan fingerprint density at radius 2 is 2.00 bits per heavy atom. The maximum absolute atomic E-state index is 11.9. The van der Waals surface area contributed by atoms with E-state index in [0.717, 1.165) is 0 Å². The monoisotopic (exact) mass is 293 g/mol. The van der Waals surface area contributed by atoms with Crippen LogP contribution in [-0.4, -0.2) is 55.8 Å². The summed E-state index contributed by atoms with van der Waals surface area (Å²) < 4.78 is 28.5. The molecule has 0 aromatic rings. The molecule has 0 spiro atoms. The minimum Gasteiger partial charge on any atom is -0.481 e. The Kier molecular flexibility index (Phi) is 5.34. The second kappa shape index (κ2) is 6.19. The van der Waals surface area contributed by atoms with Crippen LogP contribution in [0, 0.1) is 5.92 Å². The van der Waals surface area contributed by atoms with Crippen molar-refractivity contribution in [2.75, 3.05) is 25.4 Å². The van der Waals surface area contributed by atoms with Crippen molar-refractivity contribution in [3.8, 4) is 0 Å². The van der Waals surface area contributed by atoms with Crippen LogP contribution < -0.4 is 5.32 Å². The van der Waals surface area contributed by atoms with Crippen LogP contribution in [0.4, 0.5) is 0 Å². The van der Waals surface area contributed by atoms with Crippen LogP contribution >= 0.6 is 0 Å². The summed E-state index contributed by atoms with van der Waals surface area (Å²) in [6.45, 7) is 6.09. The third-order valence-electron chi connectivity index (χ3n) is 3.30. The van der Waals surface area contributed by atoms with Crippen molar-refractivity contribution in [1.29, 1.82) is 0 Å². The van der Waals surface area contributed by atoms with E-state index in [1.54, 1.807) is 20.8 Å². The van der Waals surface area contributed by atoms with Gasteiger partial charge in [0.2, 0.25) is 0 Å². The SMILES string of the molecule is CC(C)(C)S(=O)(=O)CCOC1CNCC(C(=O)O)C1. The van der Waals surface area contributed by atoms with Gasteiger partial charge < -0.3 is 15.2 Å². The van der Waals surface area contributed by atoms with Gasteiger partial charge in [0.25, 0.3) is 0 Å². The number of aliphatic carboxylic acids is 1. The van der Waals surface area contributed by atoms with Gasteiger partial charge in [0, 0.05) is 13.1 Å². The van der Waals surface area contributed by atoms with E-state index < -0.39 is 26.5 Å². The molecule has 6 nitrogen and oxygen atoms in total. The number of rotatable bonds is 5. The molecule has 0 aliphatic carbocycles. The Bertz CT molecular complexity index is 412. The Hall–Kier alpha value is -0.660. The van der Waals surface area contributed by atoms with Crippen LogP contribution in [0.5, 0.6) is 0 Å².